The zero-order valence-electron chi connectivity index (χ0n) is 11.9. The van der Waals surface area contributed by atoms with Crippen molar-refractivity contribution in [2.24, 2.45) is 11.8 Å². The first-order valence-corrected chi connectivity index (χ1v) is 8.01. The predicted octanol–water partition coefficient (Wildman–Crippen LogP) is 3.13. The number of nitrogens with one attached hydrogen (secondary N) is 1. The fourth-order valence-corrected chi connectivity index (χ4v) is 4.13. The summed E-state index contributed by atoms with van der Waals surface area (Å²) in [6.07, 6.45) is 6.67. The molecule has 2 fully saturated rings. The van der Waals surface area contributed by atoms with E-state index in [-0.39, 0.29) is 0 Å². The van der Waals surface area contributed by atoms with Crippen LogP contribution in [0.4, 0.5) is 0 Å². The number of hydrogen-bond donors (Lipinski definition) is 1. The second kappa shape index (κ2) is 5.28. The Hall–Kier alpha value is -1.22. The zero-order chi connectivity index (χ0) is 13.4. The van der Waals surface area contributed by atoms with Crippen molar-refractivity contribution < 1.29 is 9.47 Å². The van der Waals surface area contributed by atoms with Gasteiger partial charge in [0, 0.05) is 24.6 Å². The highest BCUT2D eigenvalue weighted by Gasteiger charge is 2.39. The number of rotatable bonds is 3. The van der Waals surface area contributed by atoms with Gasteiger partial charge < -0.3 is 14.8 Å². The molecule has 3 nitrogen and oxygen atoms in total. The summed E-state index contributed by atoms with van der Waals surface area (Å²) < 4.78 is 11.6. The highest BCUT2D eigenvalue weighted by molar-refractivity contribution is 5.47. The van der Waals surface area contributed by atoms with Gasteiger partial charge >= 0.3 is 0 Å². The maximum absolute atomic E-state index is 5.89. The Morgan fingerprint density at radius 2 is 2.05 bits per heavy atom. The van der Waals surface area contributed by atoms with Crippen LogP contribution in [0.5, 0.6) is 11.5 Å². The monoisotopic (exact) mass is 273 g/mol. The van der Waals surface area contributed by atoms with Gasteiger partial charge in [-0.3, -0.25) is 0 Å². The summed E-state index contributed by atoms with van der Waals surface area (Å²) >= 11 is 0. The van der Waals surface area contributed by atoms with Crippen LogP contribution < -0.4 is 14.8 Å². The molecule has 2 aliphatic carbocycles. The molecule has 3 atom stereocenters. The van der Waals surface area contributed by atoms with Crippen molar-refractivity contribution in [1.29, 1.82) is 0 Å². The Morgan fingerprint density at radius 3 is 2.90 bits per heavy atom. The lowest BCUT2D eigenvalue weighted by molar-refractivity contribution is 0.295. The maximum Gasteiger partial charge on any atom is 0.165 e. The van der Waals surface area contributed by atoms with E-state index in [1.54, 1.807) is 0 Å². The van der Waals surface area contributed by atoms with Gasteiger partial charge in [0.15, 0.2) is 11.5 Å². The molecule has 2 bridgehead atoms. The Balaban J connectivity index is 1.46. The van der Waals surface area contributed by atoms with Crippen molar-refractivity contribution in [2.75, 3.05) is 13.2 Å². The van der Waals surface area contributed by atoms with Crippen LogP contribution in [0.15, 0.2) is 18.2 Å². The third-order valence-corrected chi connectivity index (χ3v) is 5.15. The van der Waals surface area contributed by atoms with E-state index in [0.717, 1.165) is 55.6 Å². The molecule has 0 spiro atoms. The number of para-hydroxylation sites is 1. The van der Waals surface area contributed by atoms with Crippen LogP contribution in [-0.2, 0) is 6.54 Å². The number of ether oxygens (including phenoxy) is 2. The molecule has 1 heterocycles. The van der Waals surface area contributed by atoms with Gasteiger partial charge in [-0.1, -0.05) is 18.6 Å². The molecule has 108 valence electrons. The zero-order valence-corrected chi connectivity index (χ0v) is 11.9. The molecule has 1 N–H and O–H groups in total. The molecule has 0 amide bonds. The second-order valence-corrected chi connectivity index (χ2v) is 6.46. The first kappa shape index (κ1) is 12.5. The largest absolute Gasteiger partial charge is 0.490 e. The molecule has 0 saturated heterocycles. The van der Waals surface area contributed by atoms with Crippen LogP contribution in [0, 0.1) is 11.8 Å². The van der Waals surface area contributed by atoms with E-state index in [0.29, 0.717) is 0 Å². The molecular weight excluding hydrogens is 250 g/mol. The molecular formula is C17H23NO2. The third kappa shape index (κ3) is 2.28. The molecule has 1 aliphatic heterocycles. The average molecular weight is 273 g/mol. The standard InChI is InChI=1S/C17H23NO2/c1-3-14(17-16(4-1)19-7-2-8-20-17)11-18-15-10-12-5-6-13(15)9-12/h1,3-4,12-13,15,18H,2,5-11H2. The summed E-state index contributed by atoms with van der Waals surface area (Å²) in [5.74, 6) is 3.78. The van der Waals surface area contributed by atoms with E-state index in [4.69, 9.17) is 9.47 Å². The van der Waals surface area contributed by atoms with Gasteiger partial charge in [0.2, 0.25) is 0 Å². The summed E-state index contributed by atoms with van der Waals surface area (Å²) in [5, 5.41) is 3.76. The summed E-state index contributed by atoms with van der Waals surface area (Å²) in [6.45, 7) is 2.43. The molecule has 0 radical (unpaired) electrons. The molecule has 0 aromatic heterocycles. The van der Waals surface area contributed by atoms with Gasteiger partial charge in [-0.2, -0.15) is 0 Å². The first-order chi connectivity index (χ1) is 9.90. The Morgan fingerprint density at radius 1 is 1.10 bits per heavy atom. The van der Waals surface area contributed by atoms with Crippen LogP contribution in [-0.4, -0.2) is 19.3 Å². The molecule has 3 heteroatoms. The summed E-state index contributed by atoms with van der Waals surface area (Å²) in [5.41, 5.74) is 1.24. The van der Waals surface area contributed by atoms with Gasteiger partial charge in [-0.05, 0) is 37.2 Å². The smallest absolute Gasteiger partial charge is 0.165 e. The van der Waals surface area contributed by atoms with Crippen molar-refractivity contribution >= 4 is 0 Å². The van der Waals surface area contributed by atoms with Crippen molar-refractivity contribution in [2.45, 2.75) is 44.7 Å². The Bertz CT molecular complexity index is 488. The molecule has 3 aliphatic rings. The van der Waals surface area contributed by atoms with E-state index < -0.39 is 0 Å². The first-order valence-electron chi connectivity index (χ1n) is 8.01. The highest BCUT2D eigenvalue weighted by Crippen LogP contribution is 2.44. The van der Waals surface area contributed by atoms with Crippen LogP contribution in [0.3, 0.4) is 0 Å². The molecule has 4 rings (SSSR count). The summed E-state index contributed by atoms with van der Waals surface area (Å²) in [6, 6.07) is 6.97. The lowest BCUT2D eigenvalue weighted by Crippen LogP contribution is -2.33. The van der Waals surface area contributed by atoms with Gasteiger partial charge in [0.25, 0.3) is 0 Å². The van der Waals surface area contributed by atoms with Gasteiger partial charge in [-0.25, -0.2) is 0 Å². The molecule has 1 aromatic carbocycles. The van der Waals surface area contributed by atoms with E-state index in [1.807, 2.05) is 6.07 Å². The SMILES string of the molecule is c1cc(CNC2CC3CCC2C3)c2c(c1)OCCCO2. The Kier molecular flexibility index (Phi) is 3.31. The average Bonchev–Trinajstić information content (AvgIpc) is 3.00. The van der Waals surface area contributed by atoms with E-state index >= 15 is 0 Å². The van der Waals surface area contributed by atoms with Crippen LogP contribution in [0.2, 0.25) is 0 Å². The fraction of sp³-hybridized carbons (Fsp3) is 0.647. The fourth-order valence-electron chi connectivity index (χ4n) is 4.13. The minimum absolute atomic E-state index is 0.719. The van der Waals surface area contributed by atoms with Crippen LogP contribution >= 0.6 is 0 Å². The van der Waals surface area contributed by atoms with Gasteiger partial charge in [-0.15, -0.1) is 0 Å². The minimum atomic E-state index is 0.719. The number of hydrogen-bond acceptors (Lipinski definition) is 3. The predicted molar refractivity (Wildman–Crippen MR) is 78.1 cm³/mol. The maximum atomic E-state index is 5.89. The van der Waals surface area contributed by atoms with Crippen molar-refractivity contribution in [1.82, 2.24) is 5.32 Å². The summed E-state index contributed by atoms with van der Waals surface area (Å²) in [7, 11) is 0. The van der Waals surface area contributed by atoms with Crippen LogP contribution in [0.25, 0.3) is 0 Å². The van der Waals surface area contributed by atoms with E-state index in [1.165, 1.54) is 31.2 Å². The summed E-state index contributed by atoms with van der Waals surface area (Å²) in [4.78, 5) is 0. The van der Waals surface area contributed by atoms with Gasteiger partial charge in [0.1, 0.15) is 0 Å². The number of fused-ring (bicyclic) bond motifs is 3. The topological polar surface area (TPSA) is 30.5 Å². The third-order valence-electron chi connectivity index (χ3n) is 5.15. The normalized spacial score (nSPS) is 31.3. The van der Waals surface area contributed by atoms with Crippen LogP contribution in [0.1, 0.15) is 37.7 Å². The number of benzene rings is 1. The minimum Gasteiger partial charge on any atom is -0.490 e. The van der Waals surface area contributed by atoms with Crippen molar-refractivity contribution in [3.8, 4) is 11.5 Å². The highest BCUT2D eigenvalue weighted by atomic mass is 16.5. The molecule has 3 unspecified atom stereocenters. The molecule has 2 saturated carbocycles. The lowest BCUT2D eigenvalue weighted by Gasteiger charge is -2.23. The van der Waals surface area contributed by atoms with E-state index in [9.17, 15) is 0 Å². The van der Waals surface area contributed by atoms with E-state index in [2.05, 4.69) is 17.4 Å². The molecule has 1 aromatic rings. The van der Waals surface area contributed by atoms with Gasteiger partial charge in [0.05, 0.1) is 13.2 Å². The van der Waals surface area contributed by atoms with Crippen molar-refractivity contribution in [3.05, 3.63) is 23.8 Å². The molecule has 20 heavy (non-hydrogen) atoms. The second-order valence-electron chi connectivity index (χ2n) is 6.46. The Labute approximate surface area is 120 Å². The van der Waals surface area contributed by atoms with Crippen molar-refractivity contribution in [3.63, 3.8) is 0 Å². The quantitative estimate of drug-likeness (QED) is 0.918. The lowest BCUT2D eigenvalue weighted by atomic mass is 9.95.